The highest BCUT2D eigenvalue weighted by atomic mass is 35.7. The SMILES string of the molecule is Cn1c(=O)cc(C(F)(F)F)c2cc(SCl)ccc21. The molecule has 0 saturated carbocycles. The highest BCUT2D eigenvalue weighted by Crippen LogP contribution is 2.35. The molecule has 1 heterocycles. The minimum Gasteiger partial charge on any atom is -0.311 e. The van der Waals surface area contributed by atoms with Crippen molar-refractivity contribution < 1.29 is 13.2 Å². The van der Waals surface area contributed by atoms with Crippen LogP contribution in [0.15, 0.2) is 34.0 Å². The van der Waals surface area contributed by atoms with E-state index < -0.39 is 17.3 Å². The summed E-state index contributed by atoms with van der Waals surface area (Å²) in [4.78, 5) is 12.0. The van der Waals surface area contributed by atoms with Crippen molar-refractivity contribution in [1.82, 2.24) is 4.57 Å². The van der Waals surface area contributed by atoms with E-state index in [1.165, 1.54) is 23.7 Å². The Balaban J connectivity index is 2.93. The van der Waals surface area contributed by atoms with E-state index in [0.717, 1.165) is 11.0 Å². The predicted octanol–water partition coefficient (Wildman–Crippen LogP) is 3.80. The molecule has 0 amide bonds. The third-order valence-electron chi connectivity index (χ3n) is 2.61. The largest absolute Gasteiger partial charge is 0.417 e. The zero-order chi connectivity index (χ0) is 13.5. The Labute approximate surface area is 109 Å². The van der Waals surface area contributed by atoms with Gasteiger partial charge >= 0.3 is 6.18 Å². The molecule has 0 N–H and O–H groups in total. The van der Waals surface area contributed by atoms with Crippen LogP contribution < -0.4 is 5.56 Å². The third-order valence-corrected chi connectivity index (χ3v) is 3.58. The maximum Gasteiger partial charge on any atom is 0.417 e. The van der Waals surface area contributed by atoms with Gasteiger partial charge in [0.2, 0.25) is 0 Å². The molecule has 1 aromatic carbocycles. The number of hydrogen-bond acceptors (Lipinski definition) is 2. The maximum absolute atomic E-state index is 12.9. The highest BCUT2D eigenvalue weighted by molar-refractivity contribution is 8.21. The van der Waals surface area contributed by atoms with E-state index in [0.29, 0.717) is 11.0 Å². The van der Waals surface area contributed by atoms with E-state index >= 15 is 0 Å². The Hall–Kier alpha value is -1.14. The summed E-state index contributed by atoms with van der Waals surface area (Å²) in [6, 6.07) is 4.95. The number of nitrogens with zero attached hydrogens (tertiary/aromatic N) is 1. The second-order valence-electron chi connectivity index (χ2n) is 3.71. The van der Waals surface area contributed by atoms with Gasteiger partial charge in [0.15, 0.2) is 0 Å². The summed E-state index contributed by atoms with van der Waals surface area (Å²) in [7, 11) is 7.79. The first-order valence-corrected chi connectivity index (χ1v) is 6.48. The standard InChI is InChI=1S/C11H7ClF3NOS/c1-16-9-3-2-6(18-12)4-7(9)8(5-10(16)17)11(13,14)15/h2-5H,1H3. The van der Waals surface area contributed by atoms with Crippen molar-refractivity contribution in [2.45, 2.75) is 11.1 Å². The summed E-state index contributed by atoms with van der Waals surface area (Å²) in [6.07, 6.45) is -4.57. The summed E-state index contributed by atoms with van der Waals surface area (Å²) in [6.45, 7) is 0. The summed E-state index contributed by atoms with van der Waals surface area (Å²) in [5.74, 6) is 0. The van der Waals surface area contributed by atoms with E-state index in [4.69, 9.17) is 10.7 Å². The number of hydrogen-bond donors (Lipinski definition) is 0. The van der Waals surface area contributed by atoms with Crippen LogP contribution in [0.3, 0.4) is 0 Å². The molecule has 0 radical (unpaired) electrons. The van der Waals surface area contributed by atoms with Gasteiger partial charge in [-0.1, -0.05) is 0 Å². The van der Waals surface area contributed by atoms with Crippen LogP contribution in [-0.4, -0.2) is 4.57 Å². The van der Waals surface area contributed by atoms with Gasteiger partial charge in [0.25, 0.3) is 5.56 Å². The monoisotopic (exact) mass is 293 g/mol. The van der Waals surface area contributed by atoms with Crippen molar-refractivity contribution in [3.05, 3.63) is 40.2 Å². The first-order valence-electron chi connectivity index (χ1n) is 4.84. The van der Waals surface area contributed by atoms with Crippen LogP contribution in [0.2, 0.25) is 0 Å². The average Bonchev–Trinajstić information content (AvgIpc) is 2.31. The zero-order valence-electron chi connectivity index (χ0n) is 9.08. The van der Waals surface area contributed by atoms with Gasteiger partial charge in [-0.3, -0.25) is 4.79 Å². The number of benzene rings is 1. The fraction of sp³-hybridized carbons (Fsp3) is 0.182. The molecule has 0 spiro atoms. The van der Waals surface area contributed by atoms with E-state index in [1.54, 1.807) is 6.07 Å². The minimum absolute atomic E-state index is 0.0322. The van der Waals surface area contributed by atoms with Crippen molar-refractivity contribution >= 4 is 32.6 Å². The van der Waals surface area contributed by atoms with Crippen LogP contribution in [0, 0.1) is 0 Å². The fourth-order valence-corrected chi connectivity index (χ4v) is 2.29. The molecule has 18 heavy (non-hydrogen) atoms. The van der Waals surface area contributed by atoms with Gasteiger partial charge in [-0.2, -0.15) is 13.2 Å². The quantitative estimate of drug-likeness (QED) is 0.798. The van der Waals surface area contributed by atoms with Crippen molar-refractivity contribution in [2.75, 3.05) is 0 Å². The van der Waals surface area contributed by atoms with Crippen LogP contribution in [0.1, 0.15) is 5.56 Å². The maximum atomic E-state index is 12.9. The van der Waals surface area contributed by atoms with Gasteiger partial charge in [-0.25, -0.2) is 0 Å². The Bertz CT molecular complexity index is 666. The third kappa shape index (κ3) is 2.22. The highest BCUT2D eigenvalue weighted by Gasteiger charge is 2.33. The number of halogens is 4. The van der Waals surface area contributed by atoms with Crippen LogP contribution >= 0.6 is 21.7 Å². The van der Waals surface area contributed by atoms with Crippen LogP contribution in [-0.2, 0) is 13.2 Å². The number of aryl methyl sites for hydroxylation is 1. The first kappa shape index (κ1) is 13.3. The molecule has 0 fully saturated rings. The predicted molar refractivity (Wildman–Crippen MR) is 65.9 cm³/mol. The van der Waals surface area contributed by atoms with Crippen molar-refractivity contribution in [2.24, 2.45) is 7.05 Å². The van der Waals surface area contributed by atoms with Gasteiger partial charge in [-0.05, 0) is 39.9 Å². The van der Waals surface area contributed by atoms with Crippen LogP contribution in [0.4, 0.5) is 13.2 Å². The van der Waals surface area contributed by atoms with Crippen molar-refractivity contribution in [3.8, 4) is 0 Å². The number of aromatic nitrogens is 1. The Morgan fingerprint density at radius 1 is 1.28 bits per heavy atom. The summed E-state index contributed by atoms with van der Waals surface area (Å²) in [5.41, 5.74) is -1.40. The molecule has 0 saturated heterocycles. The van der Waals surface area contributed by atoms with Crippen molar-refractivity contribution in [1.29, 1.82) is 0 Å². The van der Waals surface area contributed by atoms with Crippen LogP contribution in [0.5, 0.6) is 0 Å². The van der Waals surface area contributed by atoms with Crippen molar-refractivity contribution in [3.63, 3.8) is 0 Å². The Morgan fingerprint density at radius 2 is 1.94 bits per heavy atom. The normalized spacial score (nSPS) is 12.1. The first-order chi connectivity index (χ1) is 8.34. The molecule has 96 valence electrons. The molecule has 1 aromatic heterocycles. The topological polar surface area (TPSA) is 22.0 Å². The van der Waals surface area contributed by atoms with E-state index in [9.17, 15) is 18.0 Å². The number of pyridine rings is 1. The molecule has 0 aliphatic heterocycles. The molecule has 0 atom stereocenters. The Morgan fingerprint density at radius 3 is 2.50 bits per heavy atom. The zero-order valence-corrected chi connectivity index (χ0v) is 10.7. The smallest absolute Gasteiger partial charge is 0.311 e. The molecule has 7 heteroatoms. The summed E-state index contributed by atoms with van der Waals surface area (Å²) >= 11 is 0. The molecule has 0 aliphatic rings. The molecular weight excluding hydrogens is 287 g/mol. The molecule has 2 rings (SSSR count). The summed E-state index contributed by atoms with van der Waals surface area (Å²) in [5, 5.41) is -0.0322. The molecule has 0 aliphatic carbocycles. The second-order valence-corrected chi connectivity index (χ2v) is 4.80. The van der Waals surface area contributed by atoms with E-state index in [1.807, 2.05) is 0 Å². The van der Waals surface area contributed by atoms with Gasteiger partial charge in [0.1, 0.15) is 0 Å². The van der Waals surface area contributed by atoms with E-state index in [-0.39, 0.29) is 10.9 Å². The lowest BCUT2D eigenvalue weighted by Crippen LogP contribution is -2.20. The van der Waals surface area contributed by atoms with Gasteiger partial charge in [0.05, 0.1) is 11.1 Å². The lowest BCUT2D eigenvalue weighted by molar-refractivity contribution is -0.136. The molecular formula is C11H7ClF3NOS. The number of alkyl halides is 3. The average molecular weight is 294 g/mol. The molecule has 0 bridgehead atoms. The summed E-state index contributed by atoms with van der Waals surface area (Å²) < 4.78 is 39.8. The Kier molecular flexibility index (Phi) is 3.33. The van der Waals surface area contributed by atoms with Gasteiger partial charge in [0, 0.05) is 23.4 Å². The minimum atomic E-state index is -4.57. The number of fused-ring (bicyclic) bond motifs is 1. The molecule has 2 aromatic rings. The van der Waals surface area contributed by atoms with Gasteiger partial charge < -0.3 is 4.57 Å². The number of rotatable bonds is 1. The second kappa shape index (κ2) is 4.51. The molecule has 2 nitrogen and oxygen atoms in total. The molecule has 0 unspecified atom stereocenters. The van der Waals surface area contributed by atoms with Gasteiger partial charge in [-0.15, -0.1) is 0 Å². The fourth-order valence-electron chi connectivity index (χ4n) is 1.72. The lowest BCUT2D eigenvalue weighted by atomic mass is 10.1. The van der Waals surface area contributed by atoms with E-state index in [2.05, 4.69) is 0 Å². The lowest BCUT2D eigenvalue weighted by Gasteiger charge is -2.13. The van der Waals surface area contributed by atoms with Crippen LogP contribution in [0.25, 0.3) is 10.9 Å².